The van der Waals surface area contributed by atoms with Crippen molar-refractivity contribution in [2.45, 2.75) is 40.0 Å². The van der Waals surface area contributed by atoms with Crippen LogP contribution < -0.4 is 15.8 Å². The molecule has 1 rings (SSSR count). The minimum absolute atomic E-state index is 0. The number of halogens is 1. The zero-order valence-electron chi connectivity index (χ0n) is 14.1. The van der Waals surface area contributed by atoms with Crippen LogP contribution in [0.4, 0.5) is 0 Å². The maximum atomic E-state index is 12.3. The molecule has 1 aromatic carbocycles. The van der Waals surface area contributed by atoms with E-state index < -0.39 is 5.41 Å². The lowest BCUT2D eigenvalue weighted by molar-refractivity contribution is -0.131. The molecule has 5 heteroatoms. The number of nitrogens with two attached hydrogens (primary N) is 1. The molecule has 0 fully saturated rings. The summed E-state index contributed by atoms with van der Waals surface area (Å²) in [7, 11) is 1.67. The van der Waals surface area contributed by atoms with E-state index in [0.29, 0.717) is 13.1 Å². The molecule has 3 N–H and O–H groups in total. The van der Waals surface area contributed by atoms with Gasteiger partial charge in [-0.3, -0.25) is 4.79 Å². The van der Waals surface area contributed by atoms with Gasteiger partial charge in [-0.05, 0) is 37.8 Å². The number of carbonyl (C=O) groups is 1. The van der Waals surface area contributed by atoms with Gasteiger partial charge in [-0.1, -0.05) is 31.5 Å². The molecule has 4 nitrogen and oxygen atoms in total. The van der Waals surface area contributed by atoms with Gasteiger partial charge in [0.2, 0.25) is 5.91 Å². The molecule has 0 atom stereocenters. The van der Waals surface area contributed by atoms with Gasteiger partial charge in [-0.15, -0.1) is 12.4 Å². The van der Waals surface area contributed by atoms with Crippen LogP contribution in [-0.2, 0) is 11.2 Å². The average molecular weight is 329 g/mol. The lowest BCUT2D eigenvalue weighted by atomic mass is 9.81. The number of rotatable bonds is 8. The van der Waals surface area contributed by atoms with Crippen molar-refractivity contribution in [3.8, 4) is 5.75 Å². The smallest absolute Gasteiger partial charge is 0.227 e. The lowest BCUT2D eigenvalue weighted by Crippen LogP contribution is -2.45. The Labute approximate surface area is 140 Å². The van der Waals surface area contributed by atoms with Crippen molar-refractivity contribution >= 4 is 18.3 Å². The number of hydrogen-bond donors (Lipinski definition) is 2. The molecule has 126 valence electrons. The van der Waals surface area contributed by atoms with Crippen LogP contribution >= 0.6 is 12.4 Å². The fourth-order valence-corrected chi connectivity index (χ4v) is 2.55. The van der Waals surface area contributed by atoms with Gasteiger partial charge < -0.3 is 15.8 Å². The minimum atomic E-state index is -0.434. The molecular formula is C17H29ClN2O2. The first-order valence-corrected chi connectivity index (χ1v) is 7.64. The van der Waals surface area contributed by atoms with Crippen molar-refractivity contribution < 1.29 is 9.53 Å². The second-order valence-corrected chi connectivity index (χ2v) is 5.51. The number of methoxy groups -OCH3 is 1. The fourth-order valence-electron chi connectivity index (χ4n) is 2.55. The van der Waals surface area contributed by atoms with Crippen LogP contribution in [-0.4, -0.2) is 26.1 Å². The Kier molecular flexibility index (Phi) is 9.14. The van der Waals surface area contributed by atoms with Gasteiger partial charge in [0, 0.05) is 13.1 Å². The predicted octanol–water partition coefficient (Wildman–Crippen LogP) is 2.85. The number of hydrogen-bond acceptors (Lipinski definition) is 3. The molecular weight excluding hydrogens is 300 g/mol. The van der Waals surface area contributed by atoms with Crippen LogP contribution in [0.2, 0.25) is 0 Å². The highest BCUT2D eigenvalue weighted by Crippen LogP contribution is 2.25. The summed E-state index contributed by atoms with van der Waals surface area (Å²) in [5, 5.41) is 3.02. The van der Waals surface area contributed by atoms with Crippen LogP contribution in [0, 0.1) is 12.3 Å². The molecule has 22 heavy (non-hydrogen) atoms. The van der Waals surface area contributed by atoms with Gasteiger partial charge in [0.15, 0.2) is 0 Å². The number of benzene rings is 1. The highest BCUT2D eigenvalue weighted by molar-refractivity contribution is 5.85. The van der Waals surface area contributed by atoms with Crippen molar-refractivity contribution in [2.75, 3.05) is 20.2 Å². The quantitative estimate of drug-likeness (QED) is 0.771. The topological polar surface area (TPSA) is 64.4 Å². The summed E-state index contributed by atoms with van der Waals surface area (Å²) in [6, 6.07) is 6.09. The molecule has 1 amide bonds. The number of carbonyl (C=O) groups excluding carboxylic acids is 1. The van der Waals surface area contributed by atoms with E-state index in [4.69, 9.17) is 10.5 Å². The monoisotopic (exact) mass is 328 g/mol. The summed E-state index contributed by atoms with van der Waals surface area (Å²) >= 11 is 0. The van der Waals surface area contributed by atoms with Gasteiger partial charge in [-0.2, -0.15) is 0 Å². The lowest BCUT2D eigenvalue weighted by Gasteiger charge is -2.28. The summed E-state index contributed by atoms with van der Waals surface area (Å²) in [6.07, 6.45) is 2.28. The summed E-state index contributed by atoms with van der Waals surface area (Å²) in [4.78, 5) is 12.3. The average Bonchev–Trinajstić information content (AvgIpc) is 2.50. The van der Waals surface area contributed by atoms with E-state index in [1.807, 2.05) is 26.0 Å². The molecule has 0 unspecified atom stereocenters. The van der Waals surface area contributed by atoms with Gasteiger partial charge in [0.25, 0.3) is 0 Å². The normalized spacial score (nSPS) is 10.8. The van der Waals surface area contributed by atoms with Crippen molar-refractivity contribution in [1.82, 2.24) is 5.32 Å². The third kappa shape index (κ3) is 4.89. The van der Waals surface area contributed by atoms with Crippen molar-refractivity contribution in [3.05, 3.63) is 29.3 Å². The molecule has 0 spiro atoms. The highest BCUT2D eigenvalue weighted by Gasteiger charge is 2.32. The second kappa shape index (κ2) is 9.70. The van der Waals surface area contributed by atoms with Crippen molar-refractivity contribution in [3.63, 3.8) is 0 Å². The molecule has 1 aromatic rings. The van der Waals surface area contributed by atoms with Gasteiger partial charge in [0.1, 0.15) is 5.75 Å². The third-order valence-electron chi connectivity index (χ3n) is 4.34. The first kappa shape index (κ1) is 20.7. The maximum absolute atomic E-state index is 12.3. The first-order valence-electron chi connectivity index (χ1n) is 7.64. The van der Waals surface area contributed by atoms with Crippen LogP contribution in [0.1, 0.15) is 37.8 Å². The Balaban J connectivity index is 0.00000441. The SMILES string of the molecule is CCC(CC)(CN)C(=O)NCCc1cc(C)ccc1OC.Cl. The molecule has 0 aliphatic rings. The highest BCUT2D eigenvalue weighted by atomic mass is 35.5. The third-order valence-corrected chi connectivity index (χ3v) is 4.34. The number of ether oxygens (including phenoxy) is 1. The number of nitrogens with one attached hydrogen (secondary N) is 1. The maximum Gasteiger partial charge on any atom is 0.227 e. The molecule has 0 bridgehead atoms. The Morgan fingerprint density at radius 3 is 2.45 bits per heavy atom. The molecule has 0 aliphatic heterocycles. The van der Waals surface area contributed by atoms with Crippen LogP contribution in [0.3, 0.4) is 0 Å². The van der Waals surface area contributed by atoms with Crippen molar-refractivity contribution in [2.24, 2.45) is 11.1 Å². The van der Waals surface area contributed by atoms with Gasteiger partial charge in [0.05, 0.1) is 12.5 Å². The number of amides is 1. The number of aryl methyl sites for hydroxylation is 1. The summed E-state index contributed by atoms with van der Waals surface area (Å²) in [5.41, 5.74) is 7.67. The van der Waals surface area contributed by atoms with E-state index in [1.165, 1.54) is 5.56 Å². The van der Waals surface area contributed by atoms with E-state index in [9.17, 15) is 4.79 Å². The standard InChI is InChI=1S/C17H28N2O2.ClH/c1-5-17(6-2,12-18)16(20)19-10-9-14-11-13(3)7-8-15(14)21-4;/h7-8,11H,5-6,9-10,12,18H2,1-4H3,(H,19,20);1H. The Bertz CT molecular complexity index is 465. The zero-order valence-corrected chi connectivity index (χ0v) is 14.9. The molecule has 0 heterocycles. The molecule has 0 saturated heterocycles. The Morgan fingerprint density at radius 1 is 1.32 bits per heavy atom. The van der Waals surface area contributed by atoms with E-state index in [1.54, 1.807) is 7.11 Å². The van der Waals surface area contributed by atoms with Crippen molar-refractivity contribution in [1.29, 1.82) is 0 Å². The molecule has 0 radical (unpaired) electrons. The summed E-state index contributed by atoms with van der Waals surface area (Å²) < 4.78 is 5.36. The van der Waals surface area contributed by atoms with Gasteiger partial charge >= 0.3 is 0 Å². The predicted molar refractivity (Wildman–Crippen MR) is 93.8 cm³/mol. The largest absolute Gasteiger partial charge is 0.496 e. The van der Waals surface area contributed by atoms with E-state index in [-0.39, 0.29) is 18.3 Å². The fraction of sp³-hybridized carbons (Fsp3) is 0.588. The summed E-state index contributed by atoms with van der Waals surface area (Å²) in [6.45, 7) is 7.06. The zero-order chi connectivity index (χ0) is 15.9. The van der Waals surface area contributed by atoms with Gasteiger partial charge in [-0.25, -0.2) is 0 Å². The van der Waals surface area contributed by atoms with Crippen LogP contribution in [0.5, 0.6) is 5.75 Å². The Hall–Kier alpha value is -1.26. The van der Waals surface area contributed by atoms with Crippen LogP contribution in [0.15, 0.2) is 18.2 Å². The van der Waals surface area contributed by atoms with E-state index >= 15 is 0 Å². The van der Waals surface area contributed by atoms with E-state index in [0.717, 1.165) is 30.6 Å². The second-order valence-electron chi connectivity index (χ2n) is 5.51. The molecule has 0 aliphatic carbocycles. The molecule has 0 aromatic heterocycles. The minimum Gasteiger partial charge on any atom is -0.496 e. The van der Waals surface area contributed by atoms with E-state index in [2.05, 4.69) is 18.3 Å². The Morgan fingerprint density at radius 2 is 1.95 bits per heavy atom. The first-order chi connectivity index (χ1) is 10.0. The molecule has 0 saturated carbocycles. The van der Waals surface area contributed by atoms with Crippen LogP contribution in [0.25, 0.3) is 0 Å². The summed E-state index contributed by atoms with van der Waals surface area (Å²) in [5.74, 6) is 0.924.